The highest BCUT2D eigenvalue weighted by Gasteiger charge is 2.50. The molecule has 104 valence electrons. The standard InChI is InChI=1S/C11H14N2O6/c1-19-10-7(8(16)5(4-14)9(10)17)13-3-2-6(15)12-11(13)18/h2-3,5,7,9-10,14,17H,4H2,1H3,(H,12,15,18)/t5-,7-,9+,10+/m0/s1. The van der Waals surface area contributed by atoms with Crippen molar-refractivity contribution in [2.24, 2.45) is 5.92 Å². The Kier molecular flexibility index (Phi) is 3.65. The zero-order valence-electron chi connectivity index (χ0n) is 10.1. The molecule has 1 aliphatic carbocycles. The quantitative estimate of drug-likeness (QED) is 0.565. The fraction of sp³-hybridized carbons (Fsp3) is 0.545. The molecule has 4 atom stereocenters. The molecule has 0 aliphatic heterocycles. The van der Waals surface area contributed by atoms with Crippen LogP contribution in [0.3, 0.4) is 0 Å². The lowest BCUT2D eigenvalue weighted by molar-refractivity contribution is -0.125. The average molecular weight is 270 g/mol. The molecule has 0 spiro atoms. The van der Waals surface area contributed by atoms with Crippen LogP contribution in [0.15, 0.2) is 21.9 Å². The minimum atomic E-state index is -1.20. The molecule has 8 heteroatoms. The van der Waals surface area contributed by atoms with Gasteiger partial charge in [0.15, 0.2) is 5.78 Å². The first-order valence-electron chi connectivity index (χ1n) is 5.68. The number of carbonyl (C=O) groups is 1. The summed E-state index contributed by atoms with van der Waals surface area (Å²) in [6, 6.07) is 0.0292. The Morgan fingerprint density at radius 2 is 2.11 bits per heavy atom. The van der Waals surface area contributed by atoms with E-state index in [9.17, 15) is 19.5 Å². The molecule has 0 saturated heterocycles. The Bertz CT molecular complexity index is 591. The Balaban J connectivity index is 2.50. The zero-order chi connectivity index (χ0) is 14.2. The minimum Gasteiger partial charge on any atom is -0.396 e. The summed E-state index contributed by atoms with van der Waals surface area (Å²) in [6.07, 6.45) is -0.984. The van der Waals surface area contributed by atoms with Gasteiger partial charge in [-0.15, -0.1) is 0 Å². The molecule has 0 radical (unpaired) electrons. The van der Waals surface area contributed by atoms with Gasteiger partial charge in [-0.05, 0) is 0 Å². The molecule has 0 bridgehead atoms. The van der Waals surface area contributed by atoms with Crippen LogP contribution in [-0.2, 0) is 9.53 Å². The number of aliphatic hydroxyl groups excluding tert-OH is 2. The number of ketones is 1. The summed E-state index contributed by atoms with van der Waals surface area (Å²) < 4.78 is 6.04. The van der Waals surface area contributed by atoms with E-state index in [4.69, 9.17) is 9.84 Å². The van der Waals surface area contributed by atoms with Gasteiger partial charge in [-0.2, -0.15) is 0 Å². The summed E-state index contributed by atoms with van der Waals surface area (Å²) in [5.74, 6) is -1.51. The van der Waals surface area contributed by atoms with Gasteiger partial charge in [-0.1, -0.05) is 0 Å². The van der Waals surface area contributed by atoms with Crippen molar-refractivity contribution in [3.8, 4) is 0 Å². The molecule has 0 unspecified atom stereocenters. The van der Waals surface area contributed by atoms with Crippen LogP contribution in [0.4, 0.5) is 0 Å². The molecule has 3 N–H and O–H groups in total. The number of methoxy groups -OCH3 is 1. The fourth-order valence-electron chi connectivity index (χ4n) is 2.37. The smallest absolute Gasteiger partial charge is 0.329 e. The van der Waals surface area contributed by atoms with E-state index in [1.165, 1.54) is 13.3 Å². The first kappa shape index (κ1) is 13.7. The van der Waals surface area contributed by atoms with Crippen LogP contribution >= 0.6 is 0 Å². The minimum absolute atomic E-state index is 0.504. The van der Waals surface area contributed by atoms with Crippen LogP contribution < -0.4 is 11.2 Å². The molecule has 1 fully saturated rings. The second-order valence-corrected chi connectivity index (χ2v) is 4.34. The maximum atomic E-state index is 12.1. The highest BCUT2D eigenvalue weighted by atomic mass is 16.5. The van der Waals surface area contributed by atoms with Crippen molar-refractivity contribution in [2.45, 2.75) is 18.2 Å². The highest BCUT2D eigenvalue weighted by Crippen LogP contribution is 2.32. The molecule has 1 saturated carbocycles. The van der Waals surface area contributed by atoms with Gasteiger partial charge in [-0.3, -0.25) is 19.1 Å². The van der Waals surface area contributed by atoms with Gasteiger partial charge in [-0.25, -0.2) is 4.79 Å². The van der Waals surface area contributed by atoms with E-state index in [0.717, 1.165) is 10.6 Å². The van der Waals surface area contributed by atoms with E-state index in [2.05, 4.69) is 0 Å². The van der Waals surface area contributed by atoms with Crippen LogP contribution in [0.2, 0.25) is 0 Å². The van der Waals surface area contributed by atoms with Gasteiger partial charge >= 0.3 is 5.69 Å². The second kappa shape index (κ2) is 5.08. The number of H-pyrrole nitrogens is 1. The van der Waals surface area contributed by atoms with Gasteiger partial charge in [0.2, 0.25) is 0 Å². The first-order valence-corrected chi connectivity index (χ1v) is 5.68. The predicted molar refractivity (Wildman–Crippen MR) is 62.7 cm³/mol. The molecule has 1 heterocycles. The van der Waals surface area contributed by atoms with Crippen molar-refractivity contribution < 1.29 is 19.7 Å². The van der Waals surface area contributed by atoms with Crippen molar-refractivity contribution >= 4 is 5.78 Å². The molecule has 8 nitrogen and oxygen atoms in total. The summed E-state index contributed by atoms with van der Waals surface area (Å²) >= 11 is 0. The van der Waals surface area contributed by atoms with Crippen LogP contribution in [0.5, 0.6) is 0 Å². The molecular weight excluding hydrogens is 256 g/mol. The number of aromatic nitrogens is 2. The van der Waals surface area contributed by atoms with E-state index in [-0.39, 0.29) is 0 Å². The molecular formula is C11H14N2O6. The average Bonchev–Trinajstić information content (AvgIpc) is 2.60. The number of rotatable bonds is 3. The third-order valence-corrected chi connectivity index (χ3v) is 3.34. The Labute approximate surface area is 107 Å². The maximum Gasteiger partial charge on any atom is 0.329 e. The number of hydrogen-bond acceptors (Lipinski definition) is 6. The van der Waals surface area contributed by atoms with E-state index in [1.54, 1.807) is 0 Å². The third-order valence-electron chi connectivity index (χ3n) is 3.34. The predicted octanol–water partition coefficient (Wildman–Crippen LogP) is -2.36. The van der Waals surface area contributed by atoms with E-state index >= 15 is 0 Å². The normalized spacial score (nSPS) is 30.8. The number of ether oxygens (including phenoxy) is 1. The molecule has 1 aliphatic rings. The van der Waals surface area contributed by atoms with E-state index in [0.29, 0.717) is 0 Å². The third kappa shape index (κ3) is 2.14. The molecule has 19 heavy (non-hydrogen) atoms. The van der Waals surface area contributed by atoms with E-state index < -0.39 is 47.8 Å². The largest absolute Gasteiger partial charge is 0.396 e. The number of nitrogens with zero attached hydrogens (tertiary/aromatic N) is 1. The van der Waals surface area contributed by atoms with Gasteiger partial charge in [0.25, 0.3) is 5.56 Å². The van der Waals surface area contributed by atoms with Crippen molar-refractivity contribution in [3.63, 3.8) is 0 Å². The maximum absolute atomic E-state index is 12.1. The van der Waals surface area contributed by atoms with Crippen LogP contribution in [0.1, 0.15) is 6.04 Å². The highest BCUT2D eigenvalue weighted by molar-refractivity contribution is 5.89. The van der Waals surface area contributed by atoms with Crippen LogP contribution in [-0.4, -0.2) is 51.5 Å². The lowest BCUT2D eigenvalue weighted by Gasteiger charge is -2.20. The van der Waals surface area contributed by atoms with E-state index in [1.807, 2.05) is 4.98 Å². The summed E-state index contributed by atoms with van der Waals surface area (Å²) in [4.78, 5) is 36.8. The van der Waals surface area contributed by atoms with Crippen molar-refractivity contribution in [3.05, 3.63) is 33.1 Å². The lowest BCUT2D eigenvalue weighted by Crippen LogP contribution is -2.39. The molecule has 2 rings (SSSR count). The number of nitrogens with one attached hydrogen (secondary N) is 1. The molecule has 0 amide bonds. The van der Waals surface area contributed by atoms with Crippen molar-refractivity contribution in [2.75, 3.05) is 13.7 Å². The van der Waals surface area contributed by atoms with Gasteiger partial charge < -0.3 is 14.9 Å². The van der Waals surface area contributed by atoms with Gasteiger partial charge in [0.05, 0.1) is 18.6 Å². The van der Waals surface area contributed by atoms with Gasteiger partial charge in [0.1, 0.15) is 12.1 Å². The zero-order valence-corrected chi connectivity index (χ0v) is 10.1. The summed E-state index contributed by atoms with van der Waals surface area (Å²) in [5, 5.41) is 19.0. The first-order chi connectivity index (χ1) is 9.01. The topological polar surface area (TPSA) is 122 Å². The van der Waals surface area contributed by atoms with Crippen molar-refractivity contribution in [1.82, 2.24) is 9.55 Å². The monoisotopic (exact) mass is 270 g/mol. The molecule has 1 aromatic rings. The second-order valence-electron chi connectivity index (χ2n) is 4.34. The number of carbonyl (C=O) groups excluding carboxylic acids is 1. The van der Waals surface area contributed by atoms with Gasteiger partial charge in [0, 0.05) is 19.4 Å². The number of aromatic amines is 1. The summed E-state index contributed by atoms with van der Waals surface area (Å²) in [5.41, 5.74) is -1.35. The Hall–Kier alpha value is -1.77. The number of hydrogen-bond donors (Lipinski definition) is 3. The number of aliphatic hydroxyl groups is 2. The SMILES string of the molecule is CO[C@H]1[C@H](O)[C@@H](CO)C(=O)[C@@H]1n1ccc(=O)[nH]c1=O. The van der Waals surface area contributed by atoms with Crippen molar-refractivity contribution in [1.29, 1.82) is 0 Å². The molecule has 0 aromatic carbocycles. The summed E-state index contributed by atoms with van der Waals surface area (Å²) in [6.45, 7) is -0.533. The van der Waals surface area contributed by atoms with Crippen LogP contribution in [0, 0.1) is 5.92 Å². The van der Waals surface area contributed by atoms with Crippen LogP contribution in [0.25, 0.3) is 0 Å². The fourth-order valence-corrected chi connectivity index (χ4v) is 2.37. The lowest BCUT2D eigenvalue weighted by atomic mass is 10.1. The Morgan fingerprint density at radius 1 is 1.42 bits per heavy atom. The Morgan fingerprint density at radius 3 is 2.63 bits per heavy atom. The molecule has 1 aromatic heterocycles. The number of Topliss-reactive ketones (excluding diaryl/α,β-unsaturated/α-hetero) is 1. The summed E-state index contributed by atoms with van der Waals surface area (Å²) in [7, 11) is 1.30.